The molecule has 1 aromatic carbocycles. The maximum Gasteiger partial charge on any atom is 0.111 e. The fourth-order valence-corrected chi connectivity index (χ4v) is 2.23. The van der Waals surface area contributed by atoms with E-state index in [1.807, 2.05) is 24.3 Å². The van der Waals surface area contributed by atoms with Gasteiger partial charge in [-0.3, -0.25) is 5.84 Å². The van der Waals surface area contributed by atoms with Crippen molar-refractivity contribution in [3.8, 4) is 0 Å². The summed E-state index contributed by atoms with van der Waals surface area (Å²) in [7, 11) is -2.21. The van der Waals surface area contributed by atoms with Crippen molar-refractivity contribution < 1.29 is 4.57 Å². The molecule has 0 heterocycles. The molecule has 1 rings (SSSR count). The van der Waals surface area contributed by atoms with E-state index < -0.39 is 7.14 Å². The van der Waals surface area contributed by atoms with Gasteiger partial charge in [0.1, 0.15) is 7.14 Å². The summed E-state index contributed by atoms with van der Waals surface area (Å²) in [5.74, 6) is 5.28. The van der Waals surface area contributed by atoms with Gasteiger partial charge in [-0.05, 0) is 25.5 Å². The largest absolute Gasteiger partial charge is 0.323 e. The van der Waals surface area contributed by atoms with Crippen LogP contribution in [0.2, 0.25) is 0 Å². The average molecular weight is 221 g/mol. The molecular weight excluding hydrogens is 207 g/mol. The molecule has 0 aliphatic carbocycles. The van der Waals surface area contributed by atoms with Crippen molar-refractivity contribution in [2.45, 2.75) is 0 Å². The average Bonchev–Trinajstić information content (AvgIpc) is 2.03. The molecule has 13 heavy (non-hydrogen) atoms. The predicted octanol–water partition coefficient (Wildman–Crippen LogP) is 1.64. The third-order valence-electron chi connectivity index (χ3n) is 1.64. The minimum absolute atomic E-state index is 0. The third kappa shape index (κ3) is 3.03. The Morgan fingerprint density at radius 2 is 1.85 bits per heavy atom. The van der Waals surface area contributed by atoms with Crippen LogP contribution in [0.25, 0.3) is 0 Å². The van der Waals surface area contributed by atoms with Gasteiger partial charge in [0.25, 0.3) is 0 Å². The van der Waals surface area contributed by atoms with Gasteiger partial charge in [0.15, 0.2) is 0 Å². The maximum atomic E-state index is 11.7. The summed E-state index contributed by atoms with van der Waals surface area (Å²) in [6.45, 7) is 3.45. The summed E-state index contributed by atoms with van der Waals surface area (Å²) in [6.07, 6.45) is 0. The lowest BCUT2D eigenvalue weighted by Crippen LogP contribution is -2.16. The van der Waals surface area contributed by atoms with Gasteiger partial charge in [0, 0.05) is 5.30 Å². The third-order valence-corrected chi connectivity index (χ3v) is 3.19. The van der Waals surface area contributed by atoms with E-state index in [1.54, 1.807) is 13.3 Å². The molecule has 0 aliphatic rings. The minimum Gasteiger partial charge on any atom is -0.323 e. The monoisotopic (exact) mass is 220 g/mol. The minimum atomic E-state index is -2.21. The number of anilines is 1. The zero-order valence-corrected chi connectivity index (χ0v) is 9.36. The number of rotatable bonds is 2. The predicted molar refractivity (Wildman–Crippen MR) is 60.6 cm³/mol. The Bertz CT molecular complexity index is 324. The van der Waals surface area contributed by atoms with Crippen molar-refractivity contribution in [2.75, 3.05) is 18.8 Å². The Labute approximate surface area is 84.5 Å². The number of nitrogen functional groups attached to an aromatic ring is 1. The van der Waals surface area contributed by atoms with E-state index in [-0.39, 0.29) is 12.4 Å². The van der Waals surface area contributed by atoms with Gasteiger partial charge < -0.3 is 9.99 Å². The van der Waals surface area contributed by atoms with Gasteiger partial charge in [-0.25, -0.2) is 0 Å². The summed E-state index contributed by atoms with van der Waals surface area (Å²) in [4.78, 5) is 0. The van der Waals surface area contributed by atoms with Gasteiger partial charge in [0.2, 0.25) is 0 Å². The SMILES string of the molecule is CP(C)(=O)c1ccccc1NN.Cl. The Balaban J connectivity index is 0.00000144. The molecule has 0 amide bonds. The summed E-state index contributed by atoms with van der Waals surface area (Å²) in [5, 5.41) is 0.799. The molecule has 0 aliphatic heterocycles. The maximum absolute atomic E-state index is 11.7. The molecular formula is C8H14ClN2OP. The summed E-state index contributed by atoms with van der Waals surface area (Å²) >= 11 is 0. The molecule has 3 N–H and O–H groups in total. The molecule has 0 spiro atoms. The van der Waals surface area contributed by atoms with Crippen molar-refractivity contribution in [1.29, 1.82) is 0 Å². The summed E-state index contributed by atoms with van der Waals surface area (Å²) in [5.41, 5.74) is 3.27. The molecule has 0 unspecified atom stereocenters. The first-order chi connectivity index (χ1) is 5.55. The lowest BCUT2D eigenvalue weighted by Gasteiger charge is -2.11. The lowest BCUT2D eigenvalue weighted by atomic mass is 10.3. The Hall–Kier alpha value is -0.500. The highest BCUT2D eigenvalue weighted by atomic mass is 35.5. The van der Waals surface area contributed by atoms with E-state index >= 15 is 0 Å². The number of hydrogen-bond donors (Lipinski definition) is 2. The second kappa shape index (κ2) is 4.66. The van der Waals surface area contributed by atoms with Crippen LogP contribution < -0.4 is 16.6 Å². The van der Waals surface area contributed by atoms with Crippen LogP contribution in [0, 0.1) is 0 Å². The van der Waals surface area contributed by atoms with E-state index in [4.69, 9.17) is 5.84 Å². The molecule has 3 nitrogen and oxygen atoms in total. The Morgan fingerprint density at radius 3 is 2.23 bits per heavy atom. The molecule has 1 aromatic rings. The molecule has 74 valence electrons. The Kier molecular flexibility index (Phi) is 4.48. The molecule has 0 bridgehead atoms. The van der Waals surface area contributed by atoms with Crippen LogP contribution in [-0.4, -0.2) is 13.3 Å². The smallest absolute Gasteiger partial charge is 0.111 e. The first kappa shape index (κ1) is 12.5. The van der Waals surface area contributed by atoms with Crippen molar-refractivity contribution in [1.82, 2.24) is 0 Å². The van der Waals surface area contributed by atoms with E-state index in [9.17, 15) is 4.57 Å². The van der Waals surface area contributed by atoms with Gasteiger partial charge >= 0.3 is 0 Å². The van der Waals surface area contributed by atoms with Crippen LogP contribution in [-0.2, 0) is 4.57 Å². The van der Waals surface area contributed by atoms with Crippen LogP contribution in [0.5, 0.6) is 0 Å². The highest BCUT2D eigenvalue weighted by molar-refractivity contribution is 7.70. The topological polar surface area (TPSA) is 55.1 Å². The summed E-state index contributed by atoms with van der Waals surface area (Å²) < 4.78 is 11.7. The van der Waals surface area contributed by atoms with Crippen molar-refractivity contribution in [2.24, 2.45) is 5.84 Å². The van der Waals surface area contributed by atoms with E-state index in [0.717, 1.165) is 11.0 Å². The molecule has 0 aromatic heterocycles. The normalized spacial score (nSPS) is 10.4. The number of nitrogens with two attached hydrogens (primary N) is 1. The quantitative estimate of drug-likeness (QED) is 0.453. The van der Waals surface area contributed by atoms with E-state index in [0.29, 0.717) is 0 Å². The number of halogens is 1. The van der Waals surface area contributed by atoms with Crippen LogP contribution >= 0.6 is 19.5 Å². The highest BCUT2D eigenvalue weighted by Gasteiger charge is 2.14. The van der Waals surface area contributed by atoms with Crippen LogP contribution in [0.1, 0.15) is 0 Å². The number of nitrogens with one attached hydrogen (secondary N) is 1. The highest BCUT2D eigenvalue weighted by Crippen LogP contribution is 2.37. The lowest BCUT2D eigenvalue weighted by molar-refractivity contribution is 0.588. The molecule has 0 radical (unpaired) electrons. The Morgan fingerprint density at radius 1 is 1.31 bits per heavy atom. The van der Waals surface area contributed by atoms with Crippen LogP contribution in [0.4, 0.5) is 5.69 Å². The number of hydrogen-bond acceptors (Lipinski definition) is 3. The van der Waals surface area contributed by atoms with Crippen molar-refractivity contribution in [3.05, 3.63) is 24.3 Å². The molecule has 0 saturated heterocycles. The van der Waals surface area contributed by atoms with Gasteiger partial charge in [-0.2, -0.15) is 0 Å². The first-order valence-corrected chi connectivity index (χ1v) is 6.27. The number of para-hydroxylation sites is 1. The first-order valence-electron chi connectivity index (χ1n) is 3.67. The second-order valence-corrected chi connectivity index (χ2v) is 6.20. The zero-order valence-electron chi connectivity index (χ0n) is 7.65. The molecule has 0 fully saturated rings. The summed E-state index contributed by atoms with van der Waals surface area (Å²) in [6, 6.07) is 7.36. The number of benzene rings is 1. The van der Waals surface area contributed by atoms with E-state index in [1.165, 1.54) is 0 Å². The van der Waals surface area contributed by atoms with Gasteiger partial charge in [0.05, 0.1) is 5.69 Å². The zero-order chi connectivity index (χ0) is 9.19. The van der Waals surface area contributed by atoms with E-state index in [2.05, 4.69) is 5.43 Å². The molecule has 5 heteroatoms. The van der Waals surface area contributed by atoms with Gasteiger partial charge in [-0.1, -0.05) is 12.1 Å². The molecule has 0 saturated carbocycles. The van der Waals surface area contributed by atoms with Crippen molar-refractivity contribution in [3.63, 3.8) is 0 Å². The van der Waals surface area contributed by atoms with Crippen molar-refractivity contribution >= 4 is 30.5 Å². The molecule has 0 atom stereocenters. The second-order valence-electron chi connectivity index (χ2n) is 3.01. The van der Waals surface area contributed by atoms with Crippen LogP contribution in [0.15, 0.2) is 24.3 Å². The fraction of sp³-hybridized carbons (Fsp3) is 0.250. The van der Waals surface area contributed by atoms with Crippen LogP contribution in [0.3, 0.4) is 0 Å². The standard InChI is InChI=1S/C8H13N2OP.ClH/c1-12(2,11)8-6-4-3-5-7(8)10-9;/h3-6,10H,9H2,1-2H3;1H. The van der Waals surface area contributed by atoms with Gasteiger partial charge in [-0.15, -0.1) is 12.4 Å². The number of hydrazine groups is 1. The fourth-order valence-electron chi connectivity index (χ4n) is 1.07.